The van der Waals surface area contributed by atoms with Gasteiger partial charge in [-0.25, -0.2) is 5.43 Å². The third kappa shape index (κ3) is 5.14. The van der Waals surface area contributed by atoms with E-state index in [1.165, 1.54) is 18.0 Å². The molecule has 0 spiro atoms. The fourth-order valence-corrected chi connectivity index (χ4v) is 3.36. The van der Waals surface area contributed by atoms with E-state index in [1.807, 2.05) is 35.8 Å². The standard InChI is InChI=1S/C20H21N5O3S/c1-3-25-19(14-8-10-16(28-2)11-9-14)23-24-20(25)29-13-18(27)22-21-12-15-6-4-5-7-17(15)26/h4-12,26H,3,13H2,1-2H3,(H,22,27)/b21-12-. The van der Waals surface area contributed by atoms with Crippen LogP contribution in [0.5, 0.6) is 11.5 Å². The average molecular weight is 411 g/mol. The Bertz CT molecular complexity index is 1000. The summed E-state index contributed by atoms with van der Waals surface area (Å²) in [5.74, 6) is 1.46. The van der Waals surface area contributed by atoms with Crippen LogP contribution in [0.3, 0.4) is 0 Å². The Morgan fingerprint density at radius 2 is 2.00 bits per heavy atom. The number of benzene rings is 2. The molecule has 0 bridgehead atoms. The predicted molar refractivity (Wildman–Crippen MR) is 112 cm³/mol. The summed E-state index contributed by atoms with van der Waals surface area (Å²) >= 11 is 1.28. The van der Waals surface area contributed by atoms with Crippen LogP contribution < -0.4 is 10.2 Å². The first-order valence-electron chi connectivity index (χ1n) is 8.92. The van der Waals surface area contributed by atoms with E-state index in [4.69, 9.17) is 4.74 Å². The Kier molecular flexibility index (Phi) is 6.85. The van der Waals surface area contributed by atoms with Crippen LogP contribution in [-0.2, 0) is 11.3 Å². The molecule has 2 aromatic carbocycles. The number of nitrogens with zero attached hydrogens (tertiary/aromatic N) is 4. The van der Waals surface area contributed by atoms with Crippen molar-refractivity contribution in [2.75, 3.05) is 12.9 Å². The smallest absolute Gasteiger partial charge is 0.250 e. The van der Waals surface area contributed by atoms with E-state index in [0.29, 0.717) is 17.3 Å². The summed E-state index contributed by atoms with van der Waals surface area (Å²) in [6, 6.07) is 14.3. The van der Waals surface area contributed by atoms with Crippen molar-refractivity contribution in [1.82, 2.24) is 20.2 Å². The van der Waals surface area contributed by atoms with Crippen LogP contribution in [0.4, 0.5) is 0 Å². The van der Waals surface area contributed by atoms with Crippen molar-refractivity contribution in [3.8, 4) is 22.9 Å². The van der Waals surface area contributed by atoms with Crippen LogP contribution in [0.1, 0.15) is 12.5 Å². The average Bonchev–Trinajstić information content (AvgIpc) is 3.16. The first-order valence-corrected chi connectivity index (χ1v) is 9.91. The molecule has 0 saturated heterocycles. The zero-order valence-electron chi connectivity index (χ0n) is 16.1. The predicted octanol–water partition coefficient (Wildman–Crippen LogP) is 2.92. The molecule has 8 nitrogen and oxygen atoms in total. The molecule has 1 heterocycles. The van der Waals surface area contributed by atoms with E-state index in [2.05, 4.69) is 20.7 Å². The molecule has 29 heavy (non-hydrogen) atoms. The number of carbonyl (C=O) groups is 1. The van der Waals surface area contributed by atoms with E-state index in [1.54, 1.807) is 31.4 Å². The van der Waals surface area contributed by atoms with Crippen LogP contribution >= 0.6 is 11.8 Å². The number of aromatic hydroxyl groups is 1. The van der Waals surface area contributed by atoms with Crippen LogP contribution in [0.15, 0.2) is 58.8 Å². The van der Waals surface area contributed by atoms with Gasteiger partial charge in [-0.05, 0) is 43.3 Å². The van der Waals surface area contributed by atoms with Gasteiger partial charge in [0.2, 0.25) is 0 Å². The Labute approximate surface area is 172 Å². The molecule has 2 N–H and O–H groups in total. The summed E-state index contributed by atoms with van der Waals surface area (Å²) in [6.45, 7) is 2.67. The summed E-state index contributed by atoms with van der Waals surface area (Å²) in [5, 5.41) is 22.7. The van der Waals surface area contributed by atoms with Gasteiger partial charge >= 0.3 is 0 Å². The molecule has 0 fully saturated rings. The number of para-hydroxylation sites is 1. The fraction of sp³-hybridized carbons (Fsp3) is 0.200. The number of ether oxygens (including phenoxy) is 1. The molecule has 0 aliphatic carbocycles. The Morgan fingerprint density at radius 1 is 1.24 bits per heavy atom. The second kappa shape index (κ2) is 9.74. The fourth-order valence-electron chi connectivity index (χ4n) is 2.57. The number of phenols is 1. The highest BCUT2D eigenvalue weighted by atomic mass is 32.2. The van der Waals surface area contributed by atoms with Gasteiger partial charge in [0.05, 0.1) is 19.1 Å². The Morgan fingerprint density at radius 3 is 2.69 bits per heavy atom. The lowest BCUT2D eigenvalue weighted by molar-refractivity contribution is -0.118. The molecule has 1 aromatic heterocycles. The monoisotopic (exact) mass is 411 g/mol. The van der Waals surface area contributed by atoms with Gasteiger partial charge in [-0.15, -0.1) is 10.2 Å². The molecule has 0 atom stereocenters. The Balaban J connectivity index is 1.61. The van der Waals surface area contributed by atoms with E-state index in [0.717, 1.165) is 17.1 Å². The quantitative estimate of drug-likeness (QED) is 0.336. The zero-order valence-corrected chi connectivity index (χ0v) is 16.9. The van der Waals surface area contributed by atoms with Gasteiger partial charge in [-0.1, -0.05) is 23.9 Å². The van der Waals surface area contributed by atoms with E-state index >= 15 is 0 Å². The number of aromatic nitrogens is 3. The molecule has 3 aromatic rings. The minimum absolute atomic E-state index is 0.0991. The number of carbonyl (C=O) groups excluding carboxylic acids is 1. The third-order valence-electron chi connectivity index (χ3n) is 4.04. The number of hydrogen-bond acceptors (Lipinski definition) is 7. The Hall–Kier alpha value is -3.33. The van der Waals surface area contributed by atoms with Gasteiger partial charge in [0.1, 0.15) is 11.5 Å². The maximum Gasteiger partial charge on any atom is 0.250 e. The minimum atomic E-state index is -0.279. The lowest BCUT2D eigenvalue weighted by atomic mass is 10.2. The lowest BCUT2D eigenvalue weighted by Crippen LogP contribution is -2.20. The lowest BCUT2D eigenvalue weighted by Gasteiger charge is -2.07. The van der Waals surface area contributed by atoms with Crippen molar-refractivity contribution in [1.29, 1.82) is 0 Å². The van der Waals surface area contributed by atoms with Gasteiger partial charge in [0.15, 0.2) is 11.0 Å². The number of phenolic OH excluding ortho intramolecular Hbond substituents is 1. The molecule has 0 aliphatic rings. The first kappa shape index (κ1) is 20.4. The number of amides is 1. The molecule has 0 saturated carbocycles. The molecular formula is C20H21N5O3S. The number of rotatable bonds is 8. The SMILES string of the molecule is CCn1c(SCC(=O)N/N=C\c2ccccc2O)nnc1-c1ccc(OC)cc1. The van der Waals surface area contributed by atoms with Gasteiger partial charge in [0, 0.05) is 17.7 Å². The maximum absolute atomic E-state index is 12.1. The zero-order chi connectivity index (χ0) is 20.6. The number of hydrazone groups is 1. The van der Waals surface area contributed by atoms with Crippen LogP contribution in [0, 0.1) is 0 Å². The normalized spacial score (nSPS) is 11.0. The summed E-state index contributed by atoms with van der Waals surface area (Å²) in [5.41, 5.74) is 3.89. The molecule has 150 valence electrons. The number of hydrogen-bond donors (Lipinski definition) is 2. The van der Waals surface area contributed by atoms with E-state index < -0.39 is 0 Å². The van der Waals surface area contributed by atoms with Gasteiger partial charge in [0.25, 0.3) is 5.91 Å². The molecule has 0 radical (unpaired) electrons. The van der Waals surface area contributed by atoms with Crippen molar-refractivity contribution in [3.05, 3.63) is 54.1 Å². The highest BCUT2D eigenvalue weighted by Gasteiger charge is 2.14. The first-order chi connectivity index (χ1) is 14.1. The molecule has 9 heteroatoms. The van der Waals surface area contributed by atoms with Crippen molar-refractivity contribution >= 4 is 23.9 Å². The third-order valence-corrected chi connectivity index (χ3v) is 5.01. The van der Waals surface area contributed by atoms with Crippen molar-refractivity contribution in [2.45, 2.75) is 18.6 Å². The minimum Gasteiger partial charge on any atom is -0.507 e. The summed E-state index contributed by atoms with van der Waals surface area (Å²) in [4.78, 5) is 12.1. The largest absolute Gasteiger partial charge is 0.507 e. The number of nitrogens with one attached hydrogen (secondary N) is 1. The van der Waals surface area contributed by atoms with E-state index in [9.17, 15) is 9.90 Å². The molecule has 0 aliphatic heterocycles. The summed E-state index contributed by atoms with van der Waals surface area (Å²) < 4.78 is 7.13. The molecule has 1 amide bonds. The molecule has 3 rings (SSSR count). The van der Waals surface area contributed by atoms with E-state index in [-0.39, 0.29) is 17.4 Å². The van der Waals surface area contributed by atoms with Crippen LogP contribution in [-0.4, -0.2) is 44.9 Å². The summed E-state index contributed by atoms with van der Waals surface area (Å²) in [7, 11) is 1.62. The second-order valence-electron chi connectivity index (χ2n) is 5.92. The number of methoxy groups -OCH3 is 1. The van der Waals surface area contributed by atoms with Crippen molar-refractivity contribution in [3.63, 3.8) is 0 Å². The highest BCUT2D eigenvalue weighted by molar-refractivity contribution is 7.99. The number of thioether (sulfide) groups is 1. The van der Waals surface area contributed by atoms with Crippen LogP contribution in [0.25, 0.3) is 11.4 Å². The van der Waals surface area contributed by atoms with Crippen molar-refractivity contribution in [2.24, 2.45) is 5.10 Å². The topological polar surface area (TPSA) is 102 Å². The second-order valence-corrected chi connectivity index (χ2v) is 6.86. The van der Waals surface area contributed by atoms with Crippen molar-refractivity contribution < 1.29 is 14.6 Å². The maximum atomic E-state index is 12.1. The van der Waals surface area contributed by atoms with Gasteiger partial charge < -0.3 is 14.4 Å². The van der Waals surface area contributed by atoms with Gasteiger partial charge in [-0.2, -0.15) is 5.10 Å². The van der Waals surface area contributed by atoms with Gasteiger partial charge in [-0.3, -0.25) is 4.79 Å². The molecule has 0 unspecified atom stereocenters. The summed E-state index contributed by atoms with van der Waals surface area (Å²) in [6.07, 6.45) is 1.40. The molecular weight excluding hydrogens is 390 g/mol. The van der Waals surface area contributed by atoms with Crippen LogP contribution in [0.2, 0.25) is 0 Å². The highest BCUT2D eigenvalue weighted by Crippen LogP contribution is 2.25.